The van der Waals surface area contributed by atoms with E-state index in [1.165, 1.54) is 16.9 Å². The molecule has 0 saturated carbocycles. The predicted octanol–water partition coefficient (Wildman–Crippen LogP) is 3.22. The van der Waals surface area contributed by atoms with Crippen LogP contribution in [0.15, 0.2) is 29.1 Å². The van der Waals surface area contributed by atoms with Gasteiger partial charge in [-0.25, -0.2) is 0 Å². The smallest absolute Gasteiger partial charge is 0.305 e. The Morgan fingerprint density at radius 1 is 1.22 bits per heavy atom. The van der Waals surface area contributed by atoms with Crippen molar-refractivity contribution in [2.45, 2.75) is 39.7 Å². The number of nitrogens with one attached hydrogen (secondary N) is 1. The molecule has 126 valence electrons. The zero-order valence-corrected chi connectivity index (χ0v) is 15.2. The molecule has 0 atom stereocenters. The van der Waals surface area contributed by atoms with Crippen LogP contribution in [0.1, 0.15) is 38.1 Å². The highest BCUT2D eigenvalue weighted by Crippen LogP contribution is 2.28. The maximum Gasteiger partial charge on any atom is 0.305 e. The molecule has 0 aliphatic rings. The third-order valence-corrected chi connectivity index (χ3v) is 4.86. The average molecular weight is 334 g/mol. The molecule has 1 aromatic carbocycles. The van der Waals surface area contributed by atoms with Gasteiger partial charge in [0.1, 0.15) is 0 Å². The lowest BCUT2D eigenvalue weighted by molar-refractivity contribution is 0.198. The first-order valence-corrected chi connectivity index (χ1v) is 8.83. The molecule has 23 heavy (non-hydrogen) atoms. The fraction of sp³-hybridized carbons (Fsp3) is 0.500. The van der Waals surface area contributed by atoms with E-state index in [1.807, 2.05) is 0 Å². The van der Waals surface area contributed by atoms with E-state index in [9.17, 15) is 4.79 Å². The van der Waals surface area contributed by atoms with Crippen molar-refractivity contribution in [3.05, 3.63) is 44.4 Å². The van der Waals surface area contributed by atoms with Gasteiger partial charge in [-0.05, 0) is 23.1 Å². The molecule has 2 N–H and O–H groups in total. The SMILES string of the molecule is CCN(CCO)Cc1sc(=O)[nH]c1-c1ccc(C(C)(C)C)cc1. The molecule has 1 aromatic heterocycles. The largest absolute Gasteiger partial charge is 0.395 e. The van der Waals surface area contributed by atoms with Gasteiger partial charge in [0.05, 0.1) is 12.3 Å². The predicted molar refractivity (Wildman–Crippen MR) is 97.1 cm³/mol. The van der Waals surface area contributed by atoms with E-state index < -0.39 is 0 Å². The van der Waals surface area contributed by atoms with Crippen LogP contribution in [0.3, 0.4) is 0 Å². The molecule has 0 radical (unpaired) electrons. The van der Waals surface area contributed by atoms with Crippen LogP contribution < -0.4 is 4.87 Å². The second-order valence-corrected chi connectivity index (χ2v) is 7.80. The molecule has 0 amide bonds. The number of hydrogen-bond acceptors (Lipinski definition) is 4. The highest BCUT2D eigenvalue weighted by Gasteiger charge is 2.16. The van der Waals surface area contributed by atoms with Crippen LogP contribution in [0.4, 0.5) is 0 Å². The van der Waals surface area contributed by atoms with Gasteiger partial charge in [-0.1, -0.05) is 63.3 Å². The Kier molecular flexibility index (Phi) is 5.79. The number of H-pyrrole nitrogens is 1. The van der Waals surface area contributed by atoms with Crippen molar-refractivity contribution in [2.24, 2.45) is 0 Å². The molecule has 0 aliphatic carbocycles. The van der Waals surface area contributed by atoms with Crippen LogP contribution in [0.25, 0.3) is 11.3 Å². The molecule has 4 nitrogen and oxygen atoms in total. The summed E-state index contributed by atoms with van der Waals surface area (Å²) in [6.07, 6.45) is 0. The molecular weight excluding hydrogens is 308 g/mol. The number of aromatic amines is 1. The lowest BCUT2D eigenvalue weighted by atomic mass is 9.86. The van der Waals surface area contributed by atoms with Gasteiger partial charge < -0.3 is 10.1 Å². The number of aromatic nitrogens is 1. The van der Waals surface area contributed by atoms with E-state index in [-0.39, 0.29) is 16.9 Å². The van der Waals surface area contributed by atoms with E-state index in [2.05, 4.69) is 61.8 Å². The van der Waals surface area contributed by atoms with Crippen LogP contribution in [-0.4, -0.2) is 34.7 Å². The molecule has 0 fully saturated rings. The molecule has 2 rings (SSSR count). The van der Waals surface area contributed by atoms with Crippen LogP contribution in [0.5, 0.6) is 0 Å². The molecule has 0 bridgehead atoms. The second-order valence-electron chi connectivity index (χ2n) is 6.73. The number of nitrogens with zero attached hydrogens (tertiary/aromatic N) is 1. The molecule has 0 aliphatic heterocycles. The van der Waals surface area contributed by atoms with E-state index in [0.717, 1.165) is 22.7 Å². The van der Waals surface area contributed by atoms with Crippen molar-refractivity contribution in [1.29, 1.82) is 0 Å². The molecule has 5 heteroatoms. The van der Waals surface area contributed by atoms with Crippen LogP contribution in [0, 0.1) is 0 Å². The average Bonchev–Trinajstić information content (AvgIpc) is 2.86. The van der Waals surface area contributed by atoms with Crippen LogP contribution >= 0.6 is 11.3 Å². The standard InChI is InChI=1S/C18H26N2O2S/c1-5-20(10-11-21)12-15-16(19-17(22)23-15)13-6-8-14(9-7-13)18(2,3)4/h6-9,21H,5,10-12H2,1-4H3,(H,19,22). The minimum atomic E-state index is -0.0325. The summed E-state index contributed by atoms with van der Waals surface area (Å²) < 4.78 is 0. The minimum absolute atomic E-state index is 0.0325. The first-order chi connectivity index (χ1) is 10.8. The van der Waals surface area contributed by atoms with Crippen molar-refractivity contribution in [3.63, 3.8) is 0 Å². The third-order valence-electron chi connectivity index (χ3n) is 3.99. The van der Waals surface area contributed by atoms with E-state index >= 15 is 0 Å². The maximum absolute atomic E-state index is 11.8. The third kappa shape index (κ3) is 4.53. The lowest BCUT2D eigenvalue weighted by Gasteiger charge is -2.20. The normalized spacial score (nSPS) is 12.1. The van der Waals surface area contributed by atoms with Crippen molar-refractivity contribution < 1.29 is 5.11 Å². The van der Waals surface area contributed by atoms with Crippen molar-refractivity contribution in [1.82, 2.24) is 9.88 Å². The number of aliphatic hydroxyl groups is 1. The Labute approximate surface area is 141 Å². The van der Waals surface area contributed by atoms with E-state index in [1.54, 1.807) is 0 Å². The fourth-order valence-corrected chi connectivity index (χ4v) is 3.43. The van der Waals surface area contributed by atoms with Gasteiger partial charge >= 0.3 is 4.87 Å². The van der Waals surface area contributed by atoms with Crippen LogP contribution in [-0.2, 0) is 12.0 Å². The Hall–Kier alpha value is -1.43. The molecule has 0 saturated heterocycles. The van der Waals surface area contributed by atoms with Crippen molar-refractivity contribution >= 4 is 11.3 Å². The Morgan fingerprint density at radius 2 is 1.87 bits per heavy atom. The summed E-state index contributed by atoms with van der Waals surface area (Å²) in [6, 6.07) is 8.40. The zero-order valence-electron chi connectivity index (χ0n) is 14.3. The number of rotatable bonds is 6. The topological polar surface area (TPSA) is 56.3 Å². The number of likely N-dealkylation sites (N-methyl/N-ethyl adjacent to an activating group) is 1. The zero-order chi connectivity index (χ0) is 17.0. The number of aliphatic hydroxyl groups excluding tert-OH is 1. The van der Waals surface area contributed by atoms with Crippen molar-refractivity contribution in [2.75, 3.05) is 19.7 Å². The molecule has 0 unspecified atom stereocenters. The van der Waals surface area contributed by atoms with Gasteiger partial charge in [-0.3, -0.25) is 9.69 Å². The first-order valence-electron chi connectivity index (χ1n) is 8.01. The summed E-state index contributed by atoms with van der Waals surface area (Å²) in [6.45, 7) is 10.9. The van der Waals surface area contributed by atoms with Gasteiger partial charge in [0, 0.05) is 18.0 Å². The quantitative estimate of drug-likeness (QED) is 0.853. The molecule has 2 aromatic rings. The van der Waals surface area contributed by atoms with E-state index in [4.69, 9.17) is 5.11 Å². The summed E-state index contributed by atoms with van der Waals surface area (Å²) in [5.41, 5.74) is 3.32. The summed E-state index contributed by atoms with van der Waals surface area (Å²) in [4.78, 5) is 17.9. The Bertz CT molecular complexity index is 680. The fourth-order valence-electron chi connectivity index (χ4n) is 2.54. The first kappa shape index (κ1) is 17.9. The van der Waals surface area contributed by atoms with Gasteiger partial charge in [-0.2, -0.15) is 0 Å². The van der Waals surface area contributed by atoms with Gasteiger partial charge in [0.25, 0.3) is 0 Å². The second kappa shape index (κ2) is 7.43. The minimum Gasteiger partial charge on any atom is -0.395 e. The summed E-state index contributed by atoms with van der Waals surface area (Å²) >= 11 is 1.25. The summed E-state index contributed by atoms with van der Waals surface area (Å²) in [5, 5.41) is 9.14. The van der Waals surface area contributed by atoms with E-state index in [0.29, 0.717) is 13.1 Å². The lowest BCUT2D eigenvalue weighted by Crippen LogP contribution is -2.25. The summed E-state index contributed by atoms with van der Waals surface area (Å²) in [7, 11) is 0. The van der Waals surface area contributed by atoms with Gasteiger partial charge in [-0.15, -0.1) is 0 Å². The van der Waals surface area contributed by atoms with Gasteiger partial charge in [0.15, 0.2) is 0 Å². The number of thiazole rings is 1. The Balaban J connectivity index is 2.31. The Morgan fingerprint density at radius 3 is 2.39 bits per heavy atom. The molecular formula is C18H26N2O2S. The van der Waals surface area contributed by atoms with Crippen molar-refractivity contribution in [3.8, 4) is 11.3 Å². The highest BCUT2D eigenvalue weighted by molar-refractivity contribution is 7.09. The molecule has 0 spiro atoms. The maximum atomic E-state index is 11.8. The number of benzene rings is 1. The monoisotopic (exact) mass is 334 g/mol. The van der Waals surface area contributed by atoms with Gasteiger partial charge in [0.2, 0.25) is 0 Å². The summed E-state index contributed by atoms with van der Waals surface area (Å²) in [5.74, 6) is 0. The highest BCUT2D eigenvalue weighted by atomic mass is 32.1. The number of hydrogen-bond donors (Lipinski definition) is 2. The molecule has 1 heterocycles. The van der Waals surface area contributed by atoms with Crippen LogP contribution in [0.2, 0.25) is 0 Å².